The van der Waals surface area contributed by atoms with Crippen LogP contribution >= 0.6 is 15.9 Å². The number of carbonyl (C=O) groups excluding carboxylic acids is 2. The van der Waals surface area contributed by atoms with Gasteiger partial charge in [0.1, 0.15) is 0 Å². The number of carbonyl (C=O) groups is 2. The Morgan fingerprint density at radius 3 is 2.50 bits per heavy atom. The zero-order valence-corrected chi connectivity index (χ0v) is 13.1. The maximum Gasteiger partial charge on any atom is 0.340 e. The van der Waals surface area contributed by atoms with Crippen LogP contribution in [0.1, 0.15) is 17.3 Å². The molecule has 0 aliphatic carbocycles. The number of benzene rings is 1. The van der Waals surface area contributed by atoms with Gasteiger partial charge < -0.3 is 10.5 Å². The lowest BCUT2D eigenvalue weighted by Crippen LogP contribution is -2.30. The predicted octanol–water partition coefficient (Wildman–Crippen LogP) is 0.388. The van der Waals surface area contributed by atoms with Crippen LogP contribution in [0.3, 0.4) is 0 Å². The van der Waals surface area contributed by atoms with E-state index in [4.69, 9.17) is 10.5 Å². The first-order valence-electron chi connectivity index (χ1n) is 5.42. The average Bonchev–Trinajstić information content (AvgIpc) is 2.38. The zero-order chi connectivity index (χ0) is 15.5. The summed E-state index contributed by atoms with van der Waals surface area (Å²) in [6, 6.07) is 3.87. The SMILES string of the molecule is CNS(=O)(=O)c1ccc(Br)c(C(=O)O[C@H](C)C(N)=O)c1. The summed E-state index contributed by atoms with van der Waals surface area (Å²) in [6.07, 6.45) is -1.11. The molecular formula is C11H13BrN2O5S. The van der Waals surface area contributed by atoms with Crippen molar-refractivity contribution in [3.05, 3.63) is 28.2 Å². The van der Waals surface area contributed by atoms with Gasteiger partial charge in [-0.25, -0.2) is 17.9 Å². The van der Waals surface area contributed by atoms with Crippen LogP contribution in [-0.2, 0) is 19.6 Å². The smallest absolute Gasteiger partial charge is 0.340 e. The summed E-state index contributed by atoms with van der Waals surface area (Å²) in [6.45, 7) is 1.32. The summed E-state index contributed by atoms with van der Waals surface area (Å²) in [4.78, 5) is 22.6. The van der Waals surface area contributed by atoms with Gasteiger partial charge in [-0.05, 0) is 48.1 Å². The quantitative estimate of drug-likeness (QED) is 0.733. The van der Waals surface area contributed by atoms with Gasteiger partial charge in [-0.15, -0.1) is 0 Å². The number of halogens is 1. The van der Waals surface area contributed by atoms with Crippen LogP contribution in [0, 0.1) is 0 Å². The molecule has 1 aromatic rings. The molecule has 0 saturated heterocycles. The van der Waals surface area contributed by atoms with E-state index in [2.05, 4.69) is 20.7 Å². The van der Waals surface area contributed by atoms with Gasteiger partial charge in [0.15, 0.2) is 6.10 Å². The van der Waals surface area contributed by atoms with Gasteiger partial charge in [0.2, 0.25) is 10.0 Å². The first-order chi connectivity index (χ1) is 9.19. The van der Waals surface area contributed by atoms with Crippen molar-refractivity contribution >= 4 is 37.8 Å². The number of nitrogens with one attached hydrogen (secondary N) is 1. The van der Waals surface area contributed by atoms with Crippen molar-refractivity contribution < 1.29 is 22.7 Å². The van der Waals surface area contributed by atoms with Crippen molar-refractivity contribution in [2.24, 2.45) is 5.73 Å². The average molecular weight is 365 g/mol. The van der Waals surface area contributed by atoms with E-state index in [9.17, 15) is 18.0 Å². The minimum Gasteiger partial charge on any atom is -0.449 e. The molecule has 0 radical (unpaired) electrons. The number of rotatable bonds is 5. The van der Waals surface area contributed by atoms with E-state index in [0.29, 0.717) is 4.47 Å². The number of esters is 1. The molecule has 0 aliphatic rings. The first-order valence-corrected chi connectivity index (χ1v) is 7.70. The van der Waals surface area contributed by atoms with Gasteiger partial charge in [0.05, 0.1) is 10.5 Å². The van der Waals surface area contributed by atoms with E-state index in [-0.39, 0.29) is 10.5 Å². The van der Waals surface area contributed by atoms with Crippen LogP contribution in [0.5, 0.6) is 0 Å². The first kappa shape index (κ1) is 16.6. The second-order valence-corrected chi connectivity index (χ2v) is 6.54. The molecule has 0 unspecified atom stereocenters. The molecule has 1 aromatic carbocycles. The van der Waals surface area contributed by atoms with Gasteiger partial charge in [-0.3, -0.25) is 4.79 Å². The van der Waals surface area contributed by atoms with Gasteiger partial charge in [0.25, 0.3) is 5.91 Å². The Balaban J connectivity index is 3.15. The molecule has 0 saturated carbocycles. The highest BCUT2D eigenvalue weighted by molar-refractivity contribution is 9.10. The van der Waals surface area contributed by atoms with Crippen molar-refractivity contribution in [2.45, 2.75) is 17.9 Å². The van der Waals surface area contributed by atoms with E-state index in [1.807, 2.05) is 0 Å². The molecule has 1 amide bonds. The van der Waals surface area contributed by atoms with E-state index in [1.165, 1.54) is 26.1 Å². The maximum absolute atomic E-state index is 11.9. The van der Waals surface area contributed by atoms with Crippen molar-refractivity contribution in [1.82, 2.24) is 4.72 Å². The summed E-state index contributed by atoms with van der Waals surface area (Å²) in [5.74, 6) is -1.65. The second-order valence-electron chi connectivity index (χ2n) is 3.80. The van der Waals surface area contributed by atoms with E-state index in [0.717, 1.165) is 6.07 Å². The molecule has 7 nitrogen and oxygen atoms in total. The van der Waals surface area contributed by atoms with Crippen molar-refractivity contribution in [3.8, 4) is 0 Å². The van der Waals surface area contributed by atoms with Gasteiger partial charge in [0, 0.05) is 4.47 Å². The highest BCUT2D eigenvalue weighted by Crippen LogP contribution is 2.22. The van der Waals surface area contributed by atoms with Crippen LogP contribution in [-0.4, -0.2) is 33.4 Å². The molecule has 0 spiro atoms. The number of amides is 1. The minimum absolute atomic E-state index is 0.0191. The molecular weight excluding hydrogens is 352 g/mol. The molecule has 0 bridgehead atoms. The molecule has 0 aliphatic heterocycles. The largest absolute Gasteiger partial charge is 0.449 e. The number of primary amides is 1. The number of nitrogens with two attached hydrogens (primary N) is 1. The standard InChI is InChI=1S/C11H13BrN2O5S/c1-6(10(13)15)19-11(16)8-5-7(3-4-9(8)12)20(17,18)14-2/h3-6,14H,1-2H3,(H2,13,15)/t6-/m1/s1. The summed E-state index contributed by atoms with van der Waals surface area (Å²) in [5.41, 5.74) is 4.97. The molecule has 0 heterocycles. The zero-order valence-electron chi connectivity index (χ0n) is 10.7. The van der Waals surface area contributed by atoms with Crippen LogP contribution in [0.4, 0.5) is 0 Å². The molecule has 1 rings (SSSR count). The number of hydrogen-bond acceptors (Lipinski definition) is 5. The lowest BCUT2D eigenvalue weighted by Gasteiger charge is -2.11. The molecule has 9 heteroatoms. The number of sulfonamides is 1. The Morgan fingerprint density at radius 1 is 1.40 bits per heavy atom. The molecule has 110 valence electrons. The molecule has 3 N–H and O–H groups in total. The van der Waals surface area contributed by atoms with Gasteiger partial charge in [-0.2, -0.15) is 0 Å². The summed E-state index contributed by atoms with van der Waals surface area (Å²) < 4.78 is 30.6. The van der Waals surface area contributed by atoms with Crippen LogP contribution in [0.2, 0.25) is 0 Å². The van der Waals surface area contributed by atoms with Crippen LogP contribution in [0.25, 0.3) is 0 Å². The van der Waals surface area contributed by atoms with Crippen LogP contribution in [0.15, 0.2) is 27.6 Å². The number of ether oxygens (including phenoxy) is 1. The topological polar surface area (TPSA) is 116 Å². The summed E-state index contributed by atoms with van der Waals surface area (Å²) in [7, 11) is -2.43. The maximum atomic E-state index is 11.9. The fraction of sp³-hybridized carbons (Fsp3) is 0.273. The van der Waals surface area contributed by atoms with Crippen molar-refractivity contribution in [3.63, 3.8) is 0 Å². The van der Waals surface area contributed by atoms with Gasteiger partial charge >= 0.3 is 5.97 Å². The van der Waals surface area contributed by atoms with Gasteiger partial charge in [-0.1, -0.05) is 0 Å². The predicted molar refractivity (Wildman–Crippen MR) is 74.5 cm³/mol. The van der Waals surface area contributed by atoms with Crippen molar-refractivity contribution in [2.75, 3.05) is 7.05 Å². The second kappa shape index (κ2) is 6.33. The summed E-state index contributed by atoms with van der Waals surface area (Å²) >= 11 is 3.11. The minimum atomic E-state index is -3.69. The van der Waals surface area contributed by atoms with Crippen molar-refractivity contribution in [1.29, 1.82) is 0 Å². The van der Waals surface area contributed by atoms with E-state index < -0.39 is 28.0 Å². The Hall–Kier alpha value is -1.45. The molecule has 0 aromatic heterocycles. The monoisotopic (exact) mass is 364 g/mol. The van der Waals surface area contributed by atoms with E-state index >= 15 is 0 Å². The normalized spacial score (nSPS) is 12.8. The Morgan fingerprint density at radius 2 is 2.00 bits per heavy atom. The Labute approximate surface area is 124 Å². The number of hydrogen-bond donors (Lipinski definition) is 2. The molecule has 20 heavy (non-hydrogen) atoms. The third-order valence-electron chi connectivity index (χ3n) is 2.42. The van der Waals surface area contributed by atoms with Crippen LogP contribution < -0.4 is 10.5 Å². The third kappa shape index (κ3) is 3.78. The fourth-order valence-electron chi connectivity index (χ4n) is 1.23. The molecule has 0 fully saturated rings. The molecule has 1 atom stereocenters. The van der Waals surface area contributed by atoms with E-state index in [1.54, 1.807) is 0 Å². The highest BCUT2D eigenvalue weighted by atomic mass is 79.9. The summed E-state index contributed by atoms with van der Waals surface area (Å²) in [5, 5.41) is 0. The Bertz CT molecular complexity index is 644. The highest BCUT2D eigenvalue weighted by Gasteiger charge is 2.21. The fourth-order valence-corrected chi connectivity index (χ4v) is 2.39. The Kier molecular flexibility index (Phi) is 5.26. The lowest BCUT2D eigenvalue weighted by atomic mass is 10.2. The lowest BCUT2D eigenvalue weighted by molar-refractivity contribution is -0.125. The third-order valence-corrected chi connectivity index (χ3v) is 4.52.